The molecule has 2 rings (SSSR count). The van der Waals surface area contributed by atoms with E-state index in [0.717, 1.165) is 25.9 Å². The van der Waals surface area contributed by atoms with Gasteiger partial charge in [0, 0.05) is 25.0 Å². The molecule has 1 amide bonds. The number of carbonyl (C=O) groups excluding carboxylic acids is 1. The Morgan fingerprint density at radius 1 is 1.25 bits per heavy atom. The average Bonchev–Trinajstić information content (AvgIpc) is 2.60. The number of nitrogens with zero attached hydrogens (tertiary/aromatic N) is 1. The van der Waals surface area contributed by atoms with Crippen molar-refractivity contribution in [1.29, 1.82) is 0 Å². The molecular weight excluding hydrogens is 300 g/mol. The van der Waals surface area contributed by atoms with Crippen molar-refractivity contribution in [2.24, 2.45) is 5.92 Å². The number of rotatable bonds is 6. The highest BCUT2D eigenvalue weighted by Gasteiger charge is 2.42. The molecule has 4 heteroatoms. The summed E-state index contributed by atoms with van der Waals surface area (Å²) in [5.41, 5.74) is 0.504. The average molecular weight is 332 g/mol. The Labute approximate surface area is 146 Å². The monoisotopic (exact) mass is 332 g/mol. The standard InChI is InChI=1S/C20H32N2O2/c1-16(2)14-21-18(24)19(3,4)22-12-10-20(15-23,11-13-22)17-8-6-5-7-9-17/h5-9,16,23H,10-15H2,1-4H3,(H,21,24). The molecule has 2 N–H and O–H groups in total. The summed E-state index contributed by atoms with van der Waals surface area (Å²) >= 11 is 0. The van der Waals surface area contributed by atoms with Crippen molar-refractivity contribution in [3.8, 4) is 0 Å². The summed E-state index contributed by atoms with van der Waals surface area (Å²) in [6.45, 7) is 10.7. The Kier molecular flexibility index (Phi) is 6.05. The van der Waals surface area contributed by atoms with Crippen molar-refractivity contribution in [1.82, 2.24) is 10.2 Å². The fraction of sp³-hybridized carbons (Fsp3) is 0.650. The van der Waals surface area contributed by atoms with E-state index in [1.807, 2.05) is 32.0 Å². The van der Waals surface area contributed by atoms with Crippen molar-refractivity contribution < 1.29 is 9.90 Å². The van der Waals surface area contributed by atoms with Crippen LogP contribution in [0.4, 0.5) is 0 Å². The molecule has 0 atom stereocenters. The molecule has 0 saturated carbocycles. The number of benzene rings is 1. The van der Waals surface area contributed by atoms with Crippen molar-refractivity contribution in [3.63, 3.8) is 0 Å². The van der Waals surface area contributed by atoms with Gasteiger partial charge in [-0.05, 0) is 38.2 Å². The summed E-state index contributed by atoms with van der Waals surface area (Å²) in [4.78, 5) is 14.8. The minimum absolute atomic E-state index is 0.0902. The van der Waals surface area contributed by atoms with Crippen molar-refractivity contribution in [2.45, 2.75) is 51.5 Å². The number of hydrogen-bond donors (Lipinski definition) is 2. The molecule has 1 fully saturated rings. The third kappa shape index (κ3) is 3.98. The Morgan fingerprint density at radius 3 is 2.33 bits per heavy atom. The van der Waals surface area contributed by atoms with Gasteiger partial charge in [0.05, 0.1) is 12.1 Å². The summed E-state index contributed by atoms with van der Waals surface area (Å²) in [5, 5.41) is 13.1. The summed E-state index contributed by atoms with van der Waals surface area (Å²) in [5.74, 6) is 0.540. The highest BCUT2D eigenvalue weighted by atomic mass is 16.3. The van der Waals surface area contributed by atoms with Gasteiger partial charge in [0.1, 0.15) is 0 Å². The molecule has 0 radical (unpaired) electrons. The number of carbonyl (C=O) groups is 1. The third-order valence-corrected chi connectivity index (χ3v) is 5.43. The molecule has 24 heavy (non-hydrogen) atoms. The van der Waals surface area contributed by atoms with Crippen LogP contribution in [0.5, 0.6) is 0 Å². The molecule has 1 aliphatic heterocycles. The molecule has 1 saturated heterocycles. The lowest BCUT2D eigenvalue weighted by Crippen LogP contribution is -2.59. The molecule has 0 aliphatic carbocycles. The fourth-order valence-corrected chi connectivity index (χ4v) is 3.48. The highest BCUT2D eigenvalue weighted by Crippen LogP contribution is 2.37. The van der Waals surface area contributed by atoms with Gasteiger partial charge in [-0.1, -0.05) is 44.2 Å². The Hall–Kier alpha value is -1.39. The second-order valence-electron chi connectivity index (χ2n) is 7.95. The van der Waals surface area contributed by atoms with Crippen molar-refractivity contribution in [2.75, 3.05) is 26.2 Å². The predicted octanol–water partition coefficient (Wildman–Crippen LogP) is 2.56. The summed E-state index contributed by atoms with van der Waals surface area (Å²) in [6, 6.07) is 10.3. The van der Waals surface area contributed by atoms with Crippen LogP contribution in [0.3, 0.4) is 0 Å². The number of likely N-dealkylation sites (tertiary alicyclic amines) is 1. The van der Waals surface area contributed by atoms with Crippen LogP contribution in [0, 0.1) is 5.92 Å². The fourth-order valence-electron chi connectivity index (χ4n) is 3.48. The summed E-state index contributed by atoms with van der Waals surface area (Å²) in [6.07, 6.45) is 1.74. The Morgan fingerprint density at radius 2 is 1.83 bits per heavy atom. The van der Waals surface area contributed by atoms with Crippen LogP contribution in [0.15, 0.2) is 30.3 Å². The van der Waals surface area contributed by atoms with Crippen LogP contribution in [-0.2, 0) is 10.2 Å². The zero-order chi connectivity index (χ0) is 17.8. The maximum Gasteiger partial charge on any atom is 0.239 e. The minimum Gasteiger partial charge on any atom is -0.395 e. The van der Waals surface area contributed by atoms with E-state index in [-0.39, 0.29) is 17.9 Å². The maximum atomic E-state index is 12.6. The van der Waals surface area contributed by atoms with Crippen molar-refractivity contribution >= 4 is 5.91 Å². The number of aliphatic hydroxyl groups is 1. The van der Waals surface area contributed by atoms with Crippen LogP contribution >= 0.6 is 0 Å². The molecular formula is C20H32N2O2. The molecule has 1 aromatic rings. The van der Waals surface area contributed by atoms with Gasteiger partial charge >= 0.3 is 0 Å². The van der Waals surface area contributed by atoms with E-state index in [1.165, 1.54) is 5.56 Å². The van der Waals surface area contributed by atoms with Crippen molar-refractivity contribution in [3.05, 3.63) is 35.9 Å². The number of hydrogen-bond acceptors (Lipinski definition) is 3. The van der Waals surface area contributed by atoms with E-state index in [4.69, 9.17) is 0 Å². The first-order valence-corrected chi connectivity index (χ1v) is 9.01. The smallest absolute Gasteiger partial charge is 0.239 e. The van der Waals surface area contributed by atoms with Gasteiger partial charge in [0.15, 0.2) is 0 Å². The molecule has 1 aromatic carbocycles. The summed E-state index contributed by atoms with van der Waals surface area (Å²) < 4.78 is 0. The minimum atomic E-state index is -0.521. The molecule has 0 bridgehead atoms. The molecule has 0 spiro atoms. The van der Waals surface area contributed by atoms with E-state index >= 15 is 0 Å². The third-order valence-electron chi connectivity index (χ3n) is 5.43. The van der Waals surface area contributed by atoms with Gasteiger partial charge in [-0.3, -0.25) is 9.69 Å². The van der Waals surface area contributed by atoms with Crippen LogP contribution in [-0.4, -0.2) is 47.7 Å². The van der Waals surface area contributed by atoms with Gasteiger partial charge in [-0.15, -0.1) is 0 Å². The second-order valence-corrected chi connectivity index (χ2v) is 7.95. The van der Waals surface area contributed by atoms with Crippen LogP contribution in [0.1, 0.15) is 46.1 Å². The van der Waals surface area contributed by atoms with Crippen LogP contribution in [0.2, 0.25) is 0 Å². The van der Waals surface area contributed by atoms with Gasteiger partial charge in [0.25, 0.3) is 0 Å². The lowest BCUT2D eigenvalue weighted by atomic mass is 9.72. The Bertz CT molecular complexity index is 532. The molecule has 0 unspecified atom stereocenters. The largest absolute Gasteiger partial charge is 0.395 e. The first-order valence-electron chi connectivity index (χ1n) is 9.01. The maximum absolute atomic E-state index is 12.6. The van der Waals surface area contributed by atoms with E-state index in [9.17, 15) is 9.90 Å². The molecule has 4 nitrogen and oxygen atoms in total. The SMILES string of the molecule is CC(C)CNC(=O)C(C)(C)N1CCC(CO)(c2ccccc2)CC1. The van der Waals surface area contributed by atoms with Gasteiger partial charge in [-0.25, -0.2) is 0 Å². The van der Waals surface area contributed by atoms with E-state index in [2.05, 4.69) is 36.2 Å². The van der Waals surface area contributed by atoms with E-state index in [0.29, 0.717) is 12.5 Å². The molecule has 134 valence electrons. The normalized spacial score (nSPS) is 18.6. The van der Waals surface area contributed by atoms with Crippen LogP contribution < -0.4 is 5.32 Å². The van der Waals surface area contributed by atoms with Gasteiger partial charge in [-0.2, -0.15) is 0 Å². The number of piperidine rings is 1. The van der Waals surface area contributed by atoms with Gasteiger partial charge in [0.2, 0.25) is 5.91 Å². The first kappa shape index (κ1) is 18.9. The number of amides is 1. The van der Waals surface area contributed by atoms with Crippen LogP contribution in [0.25, 0.3) is 0 Å². The first-order chi connectivity index (χ1) is 11.3. The zero-order valence-electron chi connectivity index (χ0n) is 15.5. The topological polar surface area (TPSA) is 52.6 Å². The highest BCUT2D eigenvalue weighted by molar-refractivity contribution is 5.85. The lowest BCUT2D eigenvalue weighted by Gasteiger charge is -2.46. The summed E-state index contributed by atoms with van der Waals surface area (Å²) in [7, 11) is 0. The second kappa shape index (κ2) is 7.66. The van der Waals surface area contributed by atoms with Gasteiger partial charge < -0.3 is 10.4 Å². The Balaban J connectivity index is 2.04. The predicted molar refractivity (Wildman–Crippen MR) is 97.9 cm³/mol. The molecule has 1 aliphatic rings. The van der Waals surface area contributed by atoms with E-state index < -0.39 is 5.54 Å². The van der Waals surface area contributed by atoms with E-state index in [1.54, 1.807) is 0 Å². The molecule has 0 aromatic heterocycles. The number of aliphatic hydroxyl groups excluding tert-OH is 1. The zero-order valence-corrected chi connectivity index (χ0v) is 15.5. The number of nitrogens with one attached hydrogen (secondary N) is 1. The lowest BCUT2D eigenvalue weighted by molar-refractivity contribution is -0.133. The molecule has 1 heterocycles. The quantitative estimate of drug-likeness (QED) is 0.842.